The molecule has 0 aromatic heterocycles. The fourth-order valence-corrected chi connectivity index (χ4v) is 2.45. The Morgan fingerprint density at radius 3 is 2.33 bits per heavy atom. The minimum atomic E-state index is -1.46. The molecule has 1 saturated heterocycles. The summed E-state index contributed by atoms with van der Waals surface area (Å²) in [4.78, 5) is 12.7. The van der Waals surface area contributed by atoms with Gasteiger partial charge >= 0.3 is 29.6 Å². The summed E-state index contributed by atoms with van der Waals surface area (Å²) < 4.78 is 15.7. The molecule has 5 unspecified atom stereocenters. The Morgan fingerprint density at radius 1 is 1.21 bits per heavy atom. The average molecular weight is 359 g/mol. The molecule has 1 heterocycles. The maximum Gasteiger partial charge on any atom is 1.00 e. The van der Waals surface area contributed by atoms with Gasteiger partial charge in [0.1, 0.15) is 24.4 Å². The molecule has 136 valence electrons. The number of likely N-dealkylation sites (N-methyl/N-ethyl adjacent to an activating group) is 1. The first-order valence-corrected chi connectivity index (χ1v) is 7.72. The molecule has 10 heteroatoms. The zero-order chi connectivity index (χ0) is 17.4. The third-order valence-corrected chi connectivity index (χ3v) is 3.82. The third-order valence-electron chi connectivity index (χ3n) is 3.82. The number of hydrogen-bond donors (Lipinski definition) is 3. The SMILES string of the molecule is CCN(CC)CCOC1C(O)OC(CO)C(O)C1OCC(=O)[O-].[Na+]. The molecule has 5 atom stereocenters. The Hall–Kier alpha value is 0.190. The molecule has 0 aromatic carbocycles. The van der Waals surface area contributed by atoms with Crippen LogP contribution in [0.5, 0.6) is 0 Å². The first-order chi connectivity index (χ1) is 10.9. The summed E-state index contributed by atoms with van der Waals surface area (Å²) in [6, 6.07) is 0. The van der Waals surface area contributed by atoms with Crippen molar-refractivity contribution in [2.45, 2.75) is 44.6 Å². The van der Waals surface area contributed by atoms with Gasteiger partial charge in [0.2, 0.25) is 0 Å². The van der Waals surface area contributed by atoms with Gasteiger partial charge in [0.05, 0.1) is 25.8 Å². The molecular formula is C14H26NNaO8. The van der Waals surface area contributed by atoms with Gasteiger partial charge in [-0.1, -0.05) is 13.8 Å². The topological polar surface area (TPSA) is 132 Å². The van der Waals surface area contributed by atoms with Gasteiger partial charge in [-0.05, 0) is 13.1 Å². The number of carboxylic acids is 1. The van der Waals surface area contributed by atoms with E-state index < -0.39 is 49.9 Å². The van der Waals surface area contributed by atoms with Gasteiger partial charge in [-0.3, -0.25) is 0 Å². The van der Waals surface area contributed by atoms with E-state index in [-0.39, 0.29) is 36.2 Å². The molecule has 0 spiro atoms. The van der Waals surface area contributed by atoms with E-state index >= 15 is 0 Å². The van der Waals surface area contributed by atoms with Crippen LogP contribution < -0.4 is 34.7 Å². The molecule has 0 radical (unpaired) electrons. The number of aliphatic hydroxyl groups excluding tert-OH is 3. The van der Waals surface area contributed by atoms with Crippen molar-refractivity contribution in [2.24, 2.45) is 0 Å². The van der Waals surface area contributed by atoms with E-state index in [1.165, 1.54) is 0 Å². The van der Waals surface area contributed by atoms with Gasteiger partial charge in [-0.2, -0.15) is 0 Å². The molecule has 3 N–H and O–H groups in total. The monoisotopic (exact) mass is 359 g/mol. The van der Waals surface area contributed by atoms with Gasteiger partial charge in [-0.25, -0.2) is 0 Å². The van der Waals surface area contributed by atoms with E-state index in [9.17, 15) is 20.1 Å². The zero-order valence-electron chi connectivity index (χ0n) is 14.5. The van der Waals surface area contributed by atoms with E-state index in [2.05, 4.69) is 4.90 Å². The molecule has 0 aliphatic carbocycles. The Bertz CT molecular complexity index is 358. The van der Waals surface area contributed by atoms with Crippen LogP contribution in [-0.2, 0) is 19.0 Å². The molecule has 1 fully saturated rings. The van der Waals surface area contributed by atoms with Gasteiger partial charge in [0.15, 0.2) is 6.29 Å². The predicted octanol–water partition coefficient (Wildman–Crippen LogP) is -6.08. The number of aliphatic carboxylic acids is 1. The largest absolute Gasteiger partial charge is 1.00 e. The Balaban J connectivity index is 0.00000529. The second kappa shape index (κ2) is 12.5. The fourth-order valence-electron chi connectivity index (χ4n) is 2.45. The zero-order valence-corrected chi connectivity index (χ0v) is 16.5. The van der Waals surface area contributed by atoms with Crippen LogP contribution in [0.15, 0.2) is 0 Å². The number of hydrogen-bond acceptors (Lipinski definition) is 9. The van der Waals surface area contributed by atoms with Gasteiger partial charge in [0, 0.05) is 6.54 Å². The van der Waals surface area contributed by atoms with Crippen LogP contribution >= 0.6 is 0 Å². The molecule has 1 rings (SSSR count). The number of nitrogens with zero attached hydrogens (tertiary/aromatic N) is 1. The minimum Gasteiger partial charge on any atom is -0.548 e. The van der Waals surface area contributed by atoms with Crippen molar-refractivity contribution in [3.63, 3.8) is 0 Å². The van der Waals surface area contributed by atoms with Crippen molar-refractivity contribution >= 4 is 5.97 Å². The smallest absolute Gasteiger partial charge is 0.548 e. The Morgan fingerprint density at radius 2 is 1.83 bits per heavy atom. The van der Waals surface area contributed by atoms with Gasteiger partial charge < -0.3 is 44.3 Å². The van der Waals surface area contributed by atoms with Crippen LogP contribution in [0, 0.1) is 0 Å². The predicted molar refractivity (Wildman–Crippen MR) is 76.2 cm³/mol. The normalized spacial score (nSPS) is 30.2. The Labute approximate surface area is 163 Å². The summed E-state index contributed by atoms with van der Waals surface area (Å²) in [6.07, 6.45) is -6.08. The quantitative estimate of drug-likeness (QED) is 0.326. The van der Waals surface area contributed by atoms with E-state index in [1.54, 1.807) is 0 Å². The molecular weight excluding hydrogens is 333 g/mol. The van der Waals surface area contributed by atoms with Crippen molar-refractivity contribution in [2.75, 3.05) is 39.5 Å². The second-order valence-corrected chi connectivity index (χ2v) is 5.25. The number of aliphatic hydroxyl groups is 3. The number of carboxylic acid groups (broad SMARTS) is 1. The van der Waals surface area contributed by atoms with Crippen LogP contribution in [0.25, 0.3) is 0 Å². The van der Waals surface area contributed by atoms with Crippen LogP contribution in [0.2, 0.25) is 0 Å². The van der Waals surface area contributed by atoms with Crippen molar-refractivity contribution in [1.29, 1.82) is 0 Å². The summed E-state index contributed by atoms with van der Waals surface area (Å²) in [5.74, 6) is -1.46. The summed E-state index contributed by atoms with van der Waals surface area (Å²) in [5, 5.41) is 39.8. The molecule has 1 aliphatic rings. The van der Waals surface area contributed by atoms with Crippen LogP contribution in [0.4, 0.5) is 0 Å². The first kappa shape index (κ1) is 24.2. The standard InChI is InChI=1S/C14H27NO8.Na/c1-3-15(4-2)5-6-21-13-12(22-8-10(17)18)11(19)9(7-16)23-14(13)20;/h9,11-14,16,19-20H,3-8H2,1-2H3,(H,17,18);/q;+1/p-1. The number of carbonyl (C=O) groups is 1. The fraction of sp³-hybridized carbons (Fsp3) is 0.929. The van der Waals surface area contributed by atoms with E-state index in [0.29, 0.717) is 6.54 Å². The summed E-state index contributed by atoms with van der Waals surface area (Å²) in [6.45, 7) is 5.22. The van der Waals surface area contributed by atoms with Gasteiger partial charge in [-0.15, -0.1) is 0 Å². The van der Waals surface area contributed by atoms with Crippen LogP contribution in [-0.4, -0.2) is 96.3 Å². The molecule has 9 nitrogen and oxygen atoms in total. The first-order valence-electron chi connectivity index (χ1n) is 7.72. The van der Waals surface area contributed by atoms with E-state index in [0.717, 1.165) is 13.1 Å². The molecule has 0 aromatic rings. The number of carbonyl (C=O) groups excluding carboxylic acids is 1. The van der Waals surface area contributed by atoms with Gasteiger partial charge in [0.25, 0.3) is 0 Å². The maximum absolute atomic E-state index is 10.6. The van der Waals surface area contributed by atoms with Crippen molar-refractivity contribution in [1.82, 2.24) is 4.90 Å². The number of rotatable bonds is 10. The van der Waals surface area contributed by atoms with Crippen molar-refractivity contribution in [3.8, 4) is 0 Å². The summed E-state index contributed by atoms with van der Waals surface area (Å²) in [5.41, 5.74) is 0. The summed E-state index contributed by atoms with van der Waals surface area (Å²) in [7, 11) is 0. The maximum atomic E-state index is 10.6. The number of ether oxygens (including phenoxy) is 3. The second-order valence-electron chi connectivity index (χ2n) is 5.25. The van der Waals surface area contributed by atoms with Crippen LogP contribution in [0.1, 0.15) is 13.8 Å². The molecule has 0 bridgehead atoms. The van der Waals surface area contributed by atoms with E-state index in [4.69, 9.17) is 19.3 Å². The van der Waals surface area contributed by atoms with Crippen molar-refractivity contribution in [3.05, 3.63) is 0 Å². The molecule has 0 amide bonds. The molecule has 0 saturated carbocycles. The Kier molecular flexibility index (Phi) is 12.6. The van der Waals surface area contributed by atoms with Crippen molar-refractivity contribution < 1.29 is 69.0 Å². The third kappa shape index (κ3) is 7.20. The van der Waals surface area contributed by atoms with Crippen LogP contribution in [0.3, 0.4) is 0 Å². The molecule has 1 aliphatic heterocycles. The minimum absolute atomic E-state index is 0. The summed E-state index contributed by atoms with van der Waals surface area (Å²) >= 11 is 0. The molecule has 24 heavy (non-hydrogen) atoms. The van der Waals surface area contributed by atoms with E-state index in [1.807, 2.05) is 13.8 Å². The average Bonchev–Trinajstić information content (AvgIpc) is 2.53.